The van der Waals surface area contributed by atoms with Crippen LogP contribution in [0.15, 0.2) is 54.6 Å². The van der Waals surface area contributed by atoms with Crippen molar-refractivity contribution in [3.63, 3.8) is 0 Å². The zero-order chi connectivity index (χ0) is 20.4. The van der Waals surface area contributed by atoms with Crippen LogP contribution in [-0.4, -0.2) is 36.8 Å². The molecule has 0 unspecified atom stereocenters. The minimum atomic E-state index is -4.43. The minimum absolute atomic E-state index is 0.0382. The van der Waals surface area contributed by atoms with Gasteiger partial charge in [-0.3, -0.25) is 4.79 Å². The van der Waals surface area contributed by atoms with Crippen molar-refractivity contribution in [2.45, 2.75) is 31.6 Å². The van der Waals surface area contributed by atoms with Crippen molar-refractivity contribution in [1.82, 2.24) is 4.90 Å². The highest BCUT2D eigenvalue weighted by atomic mass is 32.2. The van der Waals surface area contributed by atoms with Crippen molar-refractivity contribution in [1.29, 1.82) is 0 Å². The Kier molecular flexibility index (Phi) is 5.79. The Bertz CT molecular complexity index is 925. The fourth-order valence-electron chi connectivity index (χ4n) is 3.31. The van der Waals surface area contributed by atoms with Crippen LogP contribution in [-0.2, 0) is 33.8 Å². The lowest BCUT2D eigenvalue weighted by Crippen LogP contribution is -2.41. The summed E-state index contributed by atoms with van der Waals surface area (Å²) < 4.78 is 61.8. The Balaban J connectivity index is 1.78. The molecule has 1 heterocycles. The number of carbonyl (C=O) groups is 1. The zero-order valence-corrected chi connectivity index (χ0v) is 15.8. The van der Waals surface area contributed by atoms with E-state index in [-0.39, 0.29) is 30.4 Å². The highest BCUT2D eigenvalue weighted by Crippen LogP contribution is 2.29. The van der Waals surface area contributed by atoms with E-state index in [2.05, 4.69) is 0 Å². The summed E-state index contributed by atoms with van der Waals surface area (Å²) in [5.74, 6) is -0.347. The van der Waals surface area contributed by atoms with Gasteiger partial charge in [-0.1, -0.05) is 42.5 Å². The molecule has 0 aromatic heterocycles. The van der Waals surface area contributed by atoms with Crippen LogP contribution < -0.4 is 0 Å². The van der Waals surface area contributed by atoms with E-state index in [0.717, 1.165) is 17.7 Å². The molecule has 8 heteroatoms. The molecule has 2 aromatic rings. The zero-order valence-electron chi connectivity index (χ0n) is 15.0. The predicted octanol–water partition coefficient (Wildman–Crippen LogP) is 3.46. The van der Waals surface area contributed by atoms with Crippen molar-refractivity contribution in [3.05, 3.63) is 71.3 Å². The van der Waals surface area contributed by atoms with Gasteiger partial charge >= 0.3 is 6.18 Å². The number of nitrogens with zero attached hydrogens (tertiary/aromatic N) is 1. The Hall–Kier alpha value is -2.35. The molecule has 4 nitrogen and oxygen atoms in total. The van der Waals surface area contributed by atoms with Crippen molar-refractivity contribution in [2.75, 3.05) is 11.5 Å². The van der Waals surface area contributed by atoms with E-state index in [1.165, 1.54) is 17.0 Å². The van der Waals surface area contributed by atoms with Gasteiger partial charge in [-0.05, 0) is 29.7 Å². The Morgan fingerprint density at radius 3 is 2.18 bits per heavy atom. The second-order valence-corrected chi connectivity index (χ2v) is 9.16. The van der Waals surface area contributed by atoms with E-state index in [1.54, 1.807) is 0 Å². The topological polar surface area (TPSA) is 54.5 Å². The van der Waals surface area contributed by atoms with Crippen molar-refractivity contribution in [3.8, 4) is 0 Å². The number of carbonyl (C=O) groups excluding carboxylic acids is 1. The summed E-state index contributed by atoms with van der Waals surface area (Å²) in [4.78, 5) is 14.4. The van der Waals surface area contributed by atoms with Crippen LogP contribution in [0.1, 0.15) is 23.1 Å². The summed E-state index contributed by atoms with van der Waals surface area (Å²) in [6.45, 7) is 0.264. The van der Waals surface area contributed by atoms with Gasteiger partial charge in [-0.15, -0.1) is 0 Å². The highest BCUT2D eigenvalue weighted by molar-refractivity contribution is 7.91. The van der Waals surface area contributed by atoms with Gasteiger partial charge in [0, 0.05) is 12.6 Å². The maximum absolute atomic E-state index is 12.9. The van der Waals surface area contributed by atoms with Gasteiger partial charge in [-0.25, -0.2) is 8.42 Å². The van der Waals surface area contributed by atoms with Crippen LogP contribution in [0.25, 0.3) is 0 Å². The molecule has 2 aromatic carbocycles. The van der Waals surface area contributed by atoms with Crippen molar-refractivity contribution >= 4 is 15.7 Å². The van der Waals surface area contributed by atoms with Gasteiger partial charge in [0.2, 0.25) is 5.91 Å². The standard InChI is InChI=1S/C20H20F3NO3S/c21-20(22,23)17-8-6-15(7-9-17)12-19(25)24(13-16-4-2-1-3-5-16)18-10-11-28(26,27)14-18/h1-9,18H,10-14H2/t18-/m0/s1. The first-order valence-corrected chi connectivity index (χ1v) is 10.7. The lowest BCUT2D eigenvalue weighted by molar-refractivity contribution is -0.137. The van der Waals surface area contributed by atoms with Gasteiger partial charge in [0.1, 0.15) is 0 Å². The molecule has 0 spiro atoms. The monoisotopic (exact) mass is 411 g/mol. The first-order chi connectivity index (χ1) is 13.1. The molecule has 150 valence electrons. The van der Waals surface area contributed by atoms with E-state index in [1.807, 2.05) is 30.3 Å². The Morgan fingerprint density at radius 2 is 1.64 bits per heavy atom. The van der Waals surface area contributed by atoms with Crippen LogP contribution in [0.5, 0.6) is 0 Å². The number of sulfone groups is 1. The Morgan fingerprint density at radius 1 is 1.00 bits per heavy atom. The highest BCUT2D eigenvalue weighted by Gasteiger charge is 2.35. The van der Waals surface area contributed by atoms with E-state index >= 15 is 0 Å². The van der Waals surface area contributed by atoms with Crippen LogP contribution in [0.4, 0.5) is 13.2 Å². The number of halogens is 3. The number of rotatable bonds is 5. The molecule has 1 atom stereocenters. The van der Waals surface area contributed by atoms with E-state index < -0.39 is 27.6 Å². The summed E-state index contributed by atoms with van der Waals surface area (Å²) in [6.07, 6.45) is -4.14. The van der Waals surface area contributed by atoms with Gasteiger partial charge in [0.05, 0.1) is 23.5 Å². The van der Waals surface area contributed by atoms with Crippen LogP contribution in [0, 0.1) is 0 Å². The largest absolute Gasteiger partial charge is 0.416 e. The molecule has 1 fully saturated rings. The maximum Gasteiger partial charge on any atom is 0.416 e. The molecule has 28 heavy (non-hydrogen) atoms. The summed E-state index contributed by atoms with van der Waals surface area (Å²) in [6, 6.07) is 13.3. The lowest BCUT2D eigenvalue weighted by atomic mass is 10.1. The van der Waals surface area contributed by atoms with Gasteiger partial charge < -0.3 is 4.90 Å². The number of benzene rings is 2. The number of hydrogen-bond acceptors (Lipinski definition) is 3. The van der Waals surface area contributed by atoms with Crippen LogP contribution in [0.2, 0.25) is 0 Å². The number of alkyl halides is 3. The molecule has 0 bridgehead atoms. The number of hydrogen-bond donors (Lipinski definition) is 0. The van der Waals surface area contributed by atoms with E-state index in [4.69, 9.17) is 0 Å². The van der Waals surface area contributed by atoms with Crippen LogP contribution in [0.3, 0.4) is 0 Å². The second-order valence-electron chi connectivity index (χ2n) is 6.94. The van der Waals surface area contributed by atoms with E-state index in [9.17, 15) is 26.4 Å². The Labute approximate surface area is 161 Å². The fourth-order valence-corrected chi connectivity index (χ4v) is 5.04. The third-order valence-corrected chi connectivity index (χ3v) is 6.55. The fraction of sp³-hybridized carbons (Fsp3) is 0.350. The number of amides is 1. The quantitative estimate of drug-likeness (QED) is 0.757. The van der Waals surface area contributed by atoms with E-state index in [0.29, 0.717) is 12.0 Å². The molecular formula is C20H20F3NO3S. The van der Waals surface area contributed by atoms with Gasteiger partial charge in [0.25, 0.3) is 0 Å². The van der Waals surface area contributed by atoms with Gasteiger partial charge in [0.15, 0.2) is 9.84 Å². The summed E-state index contributed by atoms with van der Waals surface area (Å²) in [5.41, 5.74) is 0.552. The molecule has 1 aliphatic heterocycles. The summed E-state index contributed by atoms with van der Waals surface area (Å²) in [5, 5.41) is 0. The lowest BCUT2D eigenvalue weighted by Gasteiger charge is -2.28. The normalized spacial score (nSPS) is 18.8. The van der Waals surface area contributed by atoms with Crippen LogP contribution >= 0.6 is 0 Å². The summed E-state index contributed by atoms with van der Waals surface area (Å²) >= 11 is 0. The summed E-state index contributed by atoms with van der Waals surface area (Å²) in [7, 11) is -3.18. The predicted molar refractivity (Wildman–Crippen MR) is 99.2 cm³/mol. The third kappa shape index (κ3) is 5.13. The minimum Gasteiger partial charge on any atom is -0.334 e. The average molecular weight is 411 g/mol. The first kappa shape index (κ1) is 20.4. The molecule has 3 rings (SSSR count). The second kappa shape index (κ2) is 7.95. The van der Waals surface area contributed by atoms with Crippen molar-refractivity contribution in [2.24, 2.45) is 0 Å². The maximum atomic E-state index is 12.9. The molecule has 0 radical (unpaired) electrons. The molecule has 0 N–H and O–H groups in total. The molecule has 0 saturated carbocycles. The van der Waals surface area contributed by atoms with Gasteiger partial charge in [-0.2, -0.15) is 13.2 Å². The van der Waals surface area contributed by atoms with Crippen molar-refractivity contribution < 1.29 is 26.4 Å². The molecule has 1 amide bonds. The average Bonchev–Trinajstić information content (AvgIpc) is 2.99. The molecular weight excluding hydrogens is 391 g/mol. The molecule has 1 aliphatic rings. The SMILES string of the molecule is O=C(Cc1ccc(C(F)(F)F)cc1)N(Cc1ccccc1)[C@H]1CCS(=O)(=O)C1. The molecule has 0 aliphatic carbocycles. The third-order valence-electron chi connectivity index (χ3n) is 4.80. The smallest absolute Gasteiger partial charge is 0.334 e. The first-order valence-electron chi connectivity index (χ1n) is 8.84. The molecule has 1 saturated heterocycles.